The van der Waals surface area contributed by atoms with E-state index in [-0.39, 0.29) is 26.2 Å². The van der Waals surface area contributed by atoms with E-state index in [4.69, 9.17) is 14.2 Å². The maximum Gasteiger partial charge on any atom is 0.335 e. The molecule has 2 rings (SSSR count). The third kappa shape index (κ3) is 4.98. The van der Waals surface area contributed by atoms with E-state index in [2.05, 4.69) is 20.3 Å². The van der Waals surface area contributed by atoms with Gasteiger partial charge in [0.05, 0.1) is 26.1 Å². The summed E-state index contributed by atoms with van der Waals surface area (Å²) >= 11 is 0. The summed E-state index contributed by atoms with van der Waals surface area (Å²) < 4.78 is 16.8. The molecule has 0 atom stereocenters. The van der Waals surface area contributed by atoms with E-state index >= 15 is 0 Å². The van der Waals surface area contributed by atoms with Gasteiger partial charge in [-0.2, -0.15) is 0 Å². The van der Waals surface area contributed by atoms with Gasteiger partial charge in [-0.05, 0) is 20.8 Å². The molecule has 0 aliphatic rings. The molecule has 0 bridgehead atoms. The number of esters is 3. The van der Waals surface area contributed by atoms with E-state index in [1.807, 2.05) is 0 Å². The average Bonchev–Trinajstić information content (AvgIpc) is 3.17. The number of carbonyl (C=O) groups excluding carboxylic acids is 3. The number of fused-ring (bicyclic) bond motifs is 1. The fourth-order valence-corrected chi connectivity index (χ4v) is 2.91. The van der Waals surface area contributed by atoms with Crippen LogP contribution in [0.1, 0.15) is 27.2 Å². The van der Waals surface area contributed by atoms with E-state index in [1.54, 1.807) is 44.8 Å². The topological polar surface area (TPSA) is 135 Å². The van der Waals surface area contributed by atoms with Crippen LogP contribution in [0.25, 0.3) is 11.2 Å². The summed E-state index contributed by atoms with van der Waals surface area (Å²) in [6.45, 7) is 5.08. The molecule has 2 aromatic rings. The van der Waals surface area contributed by atoms with E-state index in [1.165, 1.54) is 12.4 Å². The second-order valence-corrected chi connectivity index (χ2v) is 6.28. The van der Waals surface area contributed by atoms with Gasteiger partial charge in [0.2, 0.25) is 0 Å². The Kier molecular flexibility index (Phi) is 8.47. The Balaban J connectivity index is 2.30. The lowest BCUT2D eigenvalue weighted by Gasteiger charge is -2.25. The van der Waals surface area contributed by atoms with Gasteiger partial charge in [0.1, 0.15) is 11.8 Å². The maximum absolute atomic E-state index is 12.7. The van der Waals surface area contributed by atoms with Gasteiger partial charge in [-0.15, -0.1) is 0 Å². The maximum atomic E-state index is 12.7. The number of hydrogen-bond acceptors (Lipinski definition) is 10. The number of ether oxygens (including phenoxy) is 3. The Hall–Kier alpha value is -3.50. The highest BCUT2D eigenvalue weighted by Gasteiger charge is 2.56. The number of carbonyl (C=O) groups is 3. The number of imidazole rings is 1. The zero-order chi connectivity index (χ0) is 22.9. The van der Waals surface area contributed by atoms with E-state index in [0.29, 0.717) is 23.5 Å². The van der Waals surface area contributed by atoms with Crippen molar-refractivity contribution in [3.63, 3.8) is 0 Å². The minimum Gasteiger partial charge on any atom is -0.465 e. The molecular formula is C20H27N5O6. The Morgan fingerprint density at radius 2 is 1.55 bits per heavy atom. The fourth-order valence-electron chi connectivity index (χ4n) is 2.91. The van der Waals surface area contributed by atoms with Crippen LogP contribution in [0.4, 0.5) is 5.82 Å². The summed E-state index contributed by atoms with van der Waals surface area (Å²) in [5.74, 6) is -2.42. The minimum atomic E-state index is -2.23. The minimum absolute atomic E-state index is 0.00235. The Bertz CT molecular complexity index is 909. The van der Waals surface area contributed by atoms with Crippen molar-refractivity contribution in [1.29, 1.82) is 0 Å². The van der Waals surface area contributed by atoms with Gasteiger partial charge in [-0.1, -0.05) is 12.2 Å². The quantitative estimate of drug-likeness (QED) is 0.240. The van der Waals surface area contributed by atoms with E-state index in [0.717, 1.165) is 0 Å². The second kappa shape index (κ2) is 11.0. The number of aromatic nitrogens is 4. The molecule has 0 amide bonds. The Morgan fingerprint density at radius 3 is 2.06 bits per heavy atom. The molecule has 2 aromatic heterocycles. The van der Waals surface area contributed by atoms with Crippen LogP contribution in [0.3, 0.4) is 0 Å². The van der Waals surface area contributed by atoms with Crippen LogP contribution in [0, 0.1) is 5.41 Å². The van der Waals surface area contributed by atoms with Crippen LogP contribution in [0.2, 0.25) is 0 Å². The zero-order valence-electron chi connectivity index (χ0n) is 18.1. The summed E-state index contributed by atoms with van der Waals surface area (Å²) in [7, 11) is 1.74. The molecule has 0 unspecified atom stereocenters. The van der Waals surface area contributed by atoms with Crippen LogP contribution < -0.4 is 5.32 Å². The molecule has 168 valence electrons. The summed E-state index contributed by atoms with van der Waals surface area (Å²) in [6, 6.07) is 0. The predicted octanol–water partition coefficient (Wildman–Crippen LogP) is 1.49. The Morgan fingerprint density at radius 1 is 0.968 bits per heavy atom. The fraction of sp³-hybridized carbons (Fsp3) is 0.500. The lowest BCUT2D eigenvalue weighted by molar-refractivity contribution is -0.183. The van der Waals surface area contributed by atoms with Gasteiger partial charge in [0.25, 0.3) is 5.41 Å². The van der Waals surface area contributed by atoms with Crippen molar-refractivity contribution in [3.8, 4) is 0 Å². The molecule has 1 N–H and O–H groups in total. The number of nitrogens with zero attached hydrogens (tertiary/aromatic N) is 4. The van der Waals surface area contributed by atoms with Crippen molar-refractivity contribution in [2.45, 2.75) is 33.7 Å². The van der Waals surface area contributed by atoms with Gasteiger partial charge in [-0.3, -0.25) is 14.4 Å². The molecule has 0 spiro atoms. The van der Waals surface area contributed by atoms with Crippen LogP contribution in [-0.2, 0) is 35.1 Å². The summed E-state index contributed by atoms with van der Waals surface area (Å²) in [5, 5.41) is 2.94. The van der Waals surface area contributed by atoms with E-state index < -0.39 is 23.3 Å². The highest BCUT2D eigenvalue weighted by Crippen LogP contribution is 2.29. The number of allylic oxidation sites excluding steroid dienone is 2. The van der Waals surface area contributed by atoms with Gasteiger partial charge in [-0.25, -0.2) is 15.0 Å². The largest absolute Gasteiger partial charge is 0.465 e. The molecule has 0 aliphatic heterocycles. The molecule has 0 fully saturated rings. The first-order chi connectivity index (χ1) is 15.0. The van der Waals surface area contributed by atoms with Gasteiger partial charge in [0.15, 0.2) is 11.5 Å². The summed E-state index contributed by atoms with van der Waals surface area (Å²) in [6.07, 6.45) is 5.97. The second-order valence-electron chi connectivity index (χ2n) is 6.28. The molecule has 11 nitrogen and oxygen atoms in total. The Labute approximate surface area is 179 Å². The number of anilines is 1. The predicted molar refractivity (Wildman–Crippen MR) is 111 cm³/mol. The highest BCUT2D eigenvalue weighted by atomic mass is 16.6. The summed E-state index contributed by atoms with van der Waals surface area (Å²) in [4.78, 5) is 50.6. The number of rotatable bonds is 11. The molecule has 31 heavy (non-hydrogen) atoms. The van der Waals surface area contributed by atoms with Crippen molar-refractivity contribution >= 4 is 34.9 Å². The molecule has 0 radical (unpaired) electrons. The van der Waals surface area contributed by atoms with Gasteiger partial charge < -0.3 is 24.1 Å². The molecule has 0 saturated heterocycles. The standard InChI is InChI=1S/C20H27N5O6/c1-5-29-17(26)20(18(27)30-6-2,19(28)31-7-3)10-8-9-11-25-13-24-14-15(21-4)22-12-23-16(14)25/h8-9,12-13H,5-7,10-11H2,1-4H3,(H,21,22,23)/b9-8+. The zero-order valence-corrected chi connectivity index (χ0v) is 18.1. The van der Waals surface area contributed by atoms with Crippen molar-refractivity contribution in [2.75, 3.05) is 32.2 Å². The molecule has 11 heteroatoms. The van der Waals surface area contributed by atoms with Crippen LogP contribution in [0.5, 0.6) is 0 Å². The normalized spacial score (nSPS) is 11.5. The van der Waals surface area contributed by atoms with Crippen molar-refractivity contribution < 1.29 is 28.6 Å². The van der Waals surface area contributed by atoms with Crippen LogP contribution >= 0.6 is 0 Å². The van der Waals surface area contributed by atoms with Crippen molar-refractivity contribution in [2.24, 2.45) is 5.41 Å². The van der Waals surface area contributed by atoms with Crippen LogP contribution in [-0.4, -0.2) is 64.3 Å². The molecule has 0 aromatic carbocycles. The first-order valence-corrected chi connectivity index (χ1v) is 9.96. The SMILES string of the molecule is CCOC(=O)C(C/C=C/Cn1cnc2c(NC)ncnc21)(C(=O)OCC)C(=O)OCC. The lowest BCUT2D eigenvalue weighted by atomic mass is 9.84. The lowest BCUT2D eigenvalue weighted by Crippen LogP contribution is -2.49. The third-order valence-corrected chi connectivity index (χ3v) is 4.40. The first kappa shape index (κ1) is 23.8. The molecule has 2 heterocycles. The number of nitrogens with one attached hydrogen (secondary N) is 1. The monoisotopic (exact) mass is 433 g/mol. The van der Waals surface area contributed by atoms with E-state index in [9.17, 15) is 14.4 Å². The smallest absolute Gasteiger partial charge is 0.335 e. The average molecular weight is 433 g/mol. The molecule has 0 saturated carbocycles. The van der Waals surface area contributed by atoms with Gasteiger partial charge >= 0.3 is 17.9 Å². The molecular weight excluding hydrogens is 406 g/mol. The first-order valence-electron chi connectivity index (χ1n) is 9.96. The highest BCUT2D eigenvalue weighted by molar-refractivity contribution is 6.18. The van der Waals surface area contributed by atoms with Crippen molar-refractivity contribution in [3.05, 3.63) is 24.8 Å². The van der Waals surface area contributed by atoms with Crippen molar-refractivity contribution in [1.82, 2.24) is 19.5 Å². The number of hydrogen-bond donors (Lipinski definition) is 1. The van der Waals surface area contributed by atoms with Crippen LogP contribution in [0.15, 0.2) is 24.8 Å². The molecule has 0 aliphatic carbocycles. The third-order valence-electron chi connectivity index (χ3n) is 4.40. The summed E-state index contributed by atoms with van der Waals surface area (Å²) in [5.41, 5.74) is -1.01. The van der Waals surface area contributed by atoms with Gasteiger partial charge in [0, 0.05) is 20.0 Å².